The van der Waals surface area contributed by atoms with Gasteiger partial charge in [0.05, 0.1) is 23.2 Å². The lowest BCUT2D eigenvalue weighted by Gasteiger charge is -2.06. The second kappa shape index (κ2) is 5.47. The average molecular weight is 387 g/mol. The zero-order valence-electron chi connectivity index (χ0n) is 12.1. The second-order valence-electron chi connectivity index (χ2n) is 5.05. The van der Waals surface area contributed by atoms with Crippen LogP contribution in [0.3, 0.4) is 0 Å². The molecule has 4 aromatic rings. The van der Waals surface area contributed by atoms with Gasteiger partial charge in [-0.1, -0.05) is 22.0 Å². The van der Waals surface area contributed by atoms with Crippen molar-refractivity contribution in [2.45, 2.75) is 0 Å². The summed E-state index contributed by atoms with van der Waals surface area (Å²) >= 11 is 5.03. The lowest BCUT2D eigenvalue weighted by molar-refractivity contribution is 0.0603. The number of carbonyl (C=O) groups is 1. The fraction of sp³-hybridized carbons (Fsp3) is 0.0588. The fourth-order valence-electron chi connectivity index (χ4n) is 2.73. The molecule has 1 N–H and O–H groups in total. The summed E-state index contributed by atoms with van der Waals surface area (Å²) in [4.78, 5) is 21.2. The van der Waals surface area contributed by atoms with Crippen molar-refractivity contribution in [1.82, 2.24) is 9.97 Å². The number of methoxy groups -OCH3 is 1. The van der Waals surface area contributed by atoms with E-state index in [1.807, 2.05) is 41.9 Å². The predicted octanol–water partition coefficient (Wildman–Crippen LogP) is 4.99. The molecule has 0 amide bonds. The predicted molar refractivity (Wildman–Crippen MR) is 96.0 cm³/mol. The van der Waals surface area contributed by atoms with Gasteiger partial charge in [-0.05, 0) is 29.6 Å². The number of benzene rings is 1. The summed E-state index contributed by atoms with van der Waals surface area (Å²) in [6, 6.07) is 9.84. The maximum Gasteiger partial charge on any atom is 0.342 e. The van der Waals surface area contributed by atoms with Crippen LogP contribution in [0.1, 0.15) is 10.4 Å². The van der Waals surface area contributed by atoms with Crippen LogP contribution in [0.4, 0.5) is 0 Å². The van der Waals surface area contributed by atoms with E-state index in [-0.39, 0.29) is 0 Å². The zero-order valence-corrected chi connectivity index (χ0v) is 14.5. The molecule has 4 rings (SSSR count). The van der Waals surface area contributed by atoms with Gasteiger partial charge in [-0.15, -0.1) is 11.3 Å². The number of hydrogen-bond acceptors (Lipinski definition) is 4. The highest BCUT2D eigenvalue weighted by molar-refractivity contribution is 9.10. The molecule has 0 saturated heterocycles. The van der Waals surface area contributed by atoms with Crippen LogP contribution in [0.15, 0.2) is 46.4 Å². The lowest BCUT2D eigenvalue weighted by Crippen LogP contribution is -2.05. The Bertz CT molecular complexity index is 1040. The molecule has 0 aliphatic heterocycles. The van der Waals surface area contributed by atoms with Crippen LogP contribution in [0, 0.1) is 0 Å². The van der Waals surface area contributed by atoms with Crippen molar-refractivity contribution >= 4 is 55.0 Å². The molecule has 0 aliphatic rings. The van der Waals surface area contributed by atoms with Crippen LogP contribution in [0.5, 0.6) is 0 Å². The zero-order chi connectivity index (χ0) is 16.0. The number of carbonyl (C=O) groups excluding carboxylic acids is 1. The van der Waals surface area contributed by atoms with Gasteiger partial charge >= 0.3 is 5.97 Å². The van der Waals surface area contributed by atoms with E-state index in [1.54, 1.807) is 11.3 Å². The molecule has 0 spiro atoms. The molecule has 3 heterocycles. The van der Waals surface area contributed by atoms with Crippen molar-refractivity contribution in [2.24, 2.45) is 0 Å². The number of ether oxygens (including phenoxy) is 1. The first-order chi connectivity index (χ1) is 11.2. The number of halogens is 1. The summed E-state index contributed by atoms with van der Waals surface area (Å²) in [5.41, 5.74) is 2.83. The highest BCUT2D eigenvalue weighted by atomic mass is 79.9. The van der Waals surface area contributed by atoms with Gasteiger partial charge in [0.1, 0.15) is 5.56 Å². The maximum atomic E-state index is 12.4. The van der Waals surface area contributed by atoms with Crippen LogP contribution in [0.25, 0.3) is 32.4 Å². The van der Waals surface area contributed by atoms with Gasteiger partial charge in [0, 0.05) is 27.0 Å². The lowest BCUT2D eigenvalue weighted by atomic mass is 10.1. The summed E-state index contributed by atoms with van der Waals surface area (Å²) in [5, 5.41) is 3.89. The van der Waals surface area contributed by atoms with E-state index in [0.29, 0.717) is 11.3 Å². The van der Waals surface area contributed by atoms with Gasteiger partial charge in [-0.2, -0.15) is 0 Å². The first-order valence-corrected chi connectivity index (χ1v) is 8.58. The smallest absolute Gasteiger partial charge is 0.342 e. The van der Waals surface area contributed by atoms with Crippen molar-refractivity contribution in [2.75, 3.05) is 7.11 Å². The number of aromatic amines is 1. The Balaban J connectivity index is 2.13. The number of nitrogens with zero attached hydrogens (tertiary/aromatic N) is 1. The molecule has 0 unspecified atom stereocenters. The first kappa shape index (κ1) is 14.4. The standard InChI is InChI=1S/C17H11BrN2O2S/c1-22-17(21)14-15-11(8-19-16(14)13-3-2-6-23-13)10-7-9(18)4-5-12(10)20-15/h2-8,20H,1H3. The van der Waals surface area contributed by atoms with E-state index < -0.39 is 5.97 Å². The van der Waals surface area contributed by atoms with Gasteiger partial charge in [-0.3, -0.25) is 4.98 Å². The Morgan fingerprint density at radius 3 is 2.91 bits per heavy atom. The number of nitrogens with one attached hydrogen (secondary N) is 1. The number of hydrogen-bond donors (Lipinski definition) is 1. The maximum absolute atomic E-state index is 12.4. The minimum Gasteiger partial charge on any atom is -0.465 e. The molecule has 0 bridgehead atoms. The van der Waals surface area contributed by atoms with Crippen LogP contribution < -0.4 is 0 Å². The minimum absolute atomic E-state index is 0.392. The highest BCUT2D eigenvalue weighted by Gasteiger charge is 2.22. The summed E-state index contributed by atoms with van der Waals surface area (Å²) < 4.78 is 5.98. The van der Waals surface area contributed by atoms with Gasteiger partial charge in [0.2, 0.25) is 0 Å². The Labute approximate surface area is 144 Å². The van der Waals surface area contributed by atoms with Crippen molar-refractivity contribution < 1.29 is 9.53 Å². The molecule has 0 fully saturated rings. The Morgan fingerprint density at radius 1 is 1.30 bits per heavy atom. The summed E-state index contributed by atoms with van der Waals surface area (Å²) in [6.45, 7) is 0. The van der Waals surface area contributed by atoms with Crippen LogP contribution in [-0.2, 0) is 4.74 Å². The van der Waals surface area contributed by atoms with Gasteiger partial charge < -0.3 is 9.72 Å². The molecule has 0 saturated carbocycles. The minimum atomic E-state index is -0.392. The monoisotopic (exact) mass is 386 g/mol. The summed E-state index contributed by atoms with van der Waals surface area (Å²) in [7, 11) is 1.39. The molecule has 3 aromatic heterocycles. The largest absolute Gasteiger partial charge is 0.465 e. The van der Waals surface area contributed by atoms with Gasteiger partial charge in [0.15, 0.2) is 0 Å². The van der Waals surface area contributed by atoms with E-state index in [0.717, 1.165) is 31.2 Å². The van der Waals surface area contributed by atoms with Gasteiger partial charge in [0.25, 0.3) is 0 Å². The number of aromatic nitrogens is 2. The van der Waals surface area contributed by atoms with Crippen molar-refractivity contribution in [3.05, 3.63) is 51.9 Å². The number of pyridine rings is 1. The normalized spacial score (nSPS) is 11.2. The molecule has 1 aromatic carbocycles. The summed E-state index contributed by atoms with van der Waals surface area (Å²) in [6.07, 6.45) is 1.81. The topological polar surface area (TPSA) is 55.0 Å². The molecule has 0 radical (unpaired) electrons. The SMILES string of the molecule is COC(=O)c1c(-c2cccs2)ncc2c1[nH]c1ccc(Br)cc12. The Hall–Kier alpha value is -2.18. The molecule has 114 valence electrons. The van der Waals surface area contributed by atoms with Crippen LogP contribution in [0.2, 0.25) is 0 Å². The molecular weight excluding hydrogens is 376 g/mol. The summed E-state index contributed by atoms with van der Waals surface area (Å²) in [5.74, 6) is -0.392. The quantitative estimate of drug-likeness (QED) is 0.493. The number of esters is 1. The third-order valence-corrected chi connectivity index (χ3v) is 5.12. The Morgan fingerprint density at radius 2 is 2.17 bits per heavy atom. The van der Waals surface area contributed by atoms with Crippen molar-refractivity contribution in [3.63, 3.8) is 0 Å². The van der Waals surface area contributed by atoms with E-state index in [9.17, 15) is 4.79 Å². The van der Waals surface area contributed by atoms with E-state index in [1.165, 1.54) is 7.11 Å². The van der Waals surface area contributed by atoms with Gasteiger partial charge in [-0.25, -0.2) is 4.79 Å². The molecular formula is C17H11BrN2O2S. The fourth-order valence-corrected chi connectivity index (χ4v) is 3.82. The molecule has 0 atom stereocenters. The molecule has 23 heavy (non-hydrogen) atoms. The third-order valence-electron chi connectivity index (χ3n) is 3.75. The average Bonchev–Trinajstić information content (AvgIpc) is 3.20. The van der Waals surface area contributed by atoms with Crippen molar-refractivity contribution in [1.29, 1.82) is 0 Å². The molecule has 6 heteroatoms. The van der Waals surface area contributed by atoms with E-state index >= 15 is 0 Å². The number of rotatable bonds is 2. The number of H-pyrrole nitrogens is 1. The van der Waals surface area contributed by atoms with Crippen molar-refractivity contribution in [3.8, 4) is 10.6 Å². The first-order valence-electron chi connectivity index (χ1n) is 6.91. The molecule has 4 nitrogen and oxygen atoms in total. The number of thiophene rings is 1. The van der Waals surface area contributed by atoms with E-state index in [2.05, 4.69) is 25.9 Å². The number of fused-ring (bicyclic) bond motifs is 3. The third kappa shape index (κ3) is 2.26. The van der Waals surface area contributed by atoms with E-state index in [4.69, 9.17) is 4.74 Å². The van der Waals surface area contributed by atoms with Crippen LogP contribution in [-0.4, -0.2) is 23.0 Å². The second-order valence-corrected chi connectivity index (χ2v) is 6.92. The highest BCUT2D eigenvalue weighted by Crippen LogP contribution is 2.35. The Kier molecular flexibility index (Phi) is 3.43. The van der Waals surface area contributed by atoms with Crippen LogP contribution >= 0.6 is 27.3 Å². The molecule has 0 aliphatic carbocycles.